The topological polar surface area (TPSA) is 76.8 Å². The summed E-state index contributed by atoms with van der Waals surface area (Å²) in [7, 11) is 1.82. The minimum atomic E-state index is -0.933. The van der Waals surface area contributed by atoms with Crippen LogP contribution >= 0.6 is 11.6 Å². The number of nitrogens with zero attached hydrogens (tertiary/aromatic N) is 4. The van der Waals surface area contributed by atoms with Gasteiger partial charge in [-0.3, -0.25) is 14.3 Å². The highest BCUT2D eigenvalue weighted by atomic mass is 35.5. The number of halogens is 1. The SMILES string of the molecule is Cc1nn(C)c(C)c1C1=NO[C@H]2C(=O)N(c3ccc(Cl)cc3)C(=O)[C@@H]12. The molecule has 0 aliphatic carbocycles. The first-order valence-electron chi connectivity index (χ1n) is 7.78. The Morgan fingerprint density at radius 1 is 1.12 bits per heavy atom. The number of fused-ring (bicyclic) bond motifs is 1. The van der Waals surface area contributed by atoms with Gasteiger partial charge in [0.15, 0.2) is 0 Å². The van der Waals surface area contributed by atoms with E-state index in [0.29, 0.717) is 16.4 Å². The van der Waals surface area contributed by atoms with E-state index in [-0.39, 0.29) is 5.91 Å². The Labute approximate surface area is 148 Å². The van der Waals surface area contributed by atoms with E-state index in [1.54, 1.807) is 28.9 Å². The highest BCUT2D eigenvalue weighted by Gasteiger charge is 2.56. The van der Waals surface area contributed by atoms with Crippen molar-refractivity contribution in [2.75, 3.05) is 4.90 Å². The van der Waals surface area contributed by atoms with E-state index in [4.69, 9.17) is 16.4 Å². The molecule has 0 radical (unpaired) electrons. The van der Waals surface area contributed by atoms with Crippen molar-refractivity contribution in [1.82, 2.24) is 9.78 Å². The van der Waals surface area contributed by atoms with E-state index in [9.17, 15) is 9.59 Å². The van der Waals surface area contributed by atoms with Crippen molar-refractivity contribution in [3.63, 3.8) is 0 Å². The fourth-order valence-electron chi connectivity index (χ4n) is 3.37. The molecule has 1 aromatic heterocycles. The summed E-state index contributed by atoms with van der Waals surface area (Å²) in [5.41, 5.74) is 3.30. The Morgan fingerprint density at radius 3 is 2.40 bits per heavy atom. The van der Waals surface area contributed by atoms with Crippen LogP contribution in [0.3, 0.4) is 0 Å². The highest BCUT2D eigenvalue weighted by Crippen LogP contribution is 2.36. The van der Waals surface area contributed by atoms with Crippen LogP contribution in [0.15, 0.2) is 29.4 Å². The second-order valence-electron chi connectivity index (χ2n) is 6.14. The quantitative estimate of drug-likeness (QED) is 0.769. The standard InChI is InChI=1S/C17H15ClN4O3/c1-8-12(9(2)21(3)19-8)14-13-15(25-20-14)17(24)22(16(13)23)11-6-4-10(18)5-7-11/h4-7,13,15H,1-3H3/t13-,15+/m0/s1. The highest BCUT2D eigenvalue weighted by molar-refractivity contribution is 6.33. The van der Waals surface area contributed by atoms with Gasteiger partial charge in [0.2, 0.25) is 12.0 Å². The molecule has 2 aliphatic heterocycles. The van der Waals surface area contributed by atoms with Crippen molar-refractivity contribution in [3.8, 4) is 0 Å². The van der Waals surface area contributed by atoms with Gasteiger partial charge in [-0.2, -0.15) is 5.10 Å². The maximum Gasteiger partial charge on any atom is 0.278 e. The van der Waals surface area contributed by atoms with E-state index in [1.807, 2.05) is 20.9 Å². The van der Waals surface area contributed by atoms with Crippen LogP contribution in [0.25, 0.3) is 0 Å². The fraction of sp³-hybridized carbons (Fsp3) is 0.294. The van der Waals surface area contributed by atoms with Gasteiger partial charge in [-0.25, -0.2) is 4.90 Å². The summed E-state index contributed by atoms with van der Waals surface area (Å²) in [6.07, 6.45) is -0.933. The van der Waals surface area contributed by atoms with Crippen molar-refractivity contribution < 1.29 is 14.4 Å². The van der Waals surface area contributed by atoms with Gasteiger partial charge in [0.25, 0.3) is 5.91 Å². The Hall–Kier alpha value is -2.67. The van der Waals surface area contributed by atoms with Crippen molar-refractivity contribution in [3.05, 3.63) is 46.2 Å². The molecule has 1 fully saturated rings. The molecule has 25 heavy (non-hydrogen) atoms. The summed E-state index contributed by atoms with van der Waals surface area (Å²) in [4.78, 5) is 32.1. The number of aromatic nitrogens is 2. The lowest BCUT2D eigenvalue weighted by Crippen LogP contribution is -2.33. The molecule has 0 bridgehead atoms. The van der Waals surface area contributed by atoms with Crippen LogP contribution in [0, 0.1) is 19.8 Å². The van der Waals surface area contributed by atoms with Crippen LogP contribution in [0.2, 0.25) is 5.02 Å². The monoisotopic (exact) mass is 358 g/mol. The smallest absolute Gasteiger partial charge is 0.278 e. The molecule has 0 N–H and O–H groups in total. The lowest BCUT2D eigenvalue weighted by atomic mass is 9.93. The summed E-state index contributed by atoms with van der Waals surface area (Å²) >= 11 is 5.89. The average Bonchev–Trinajstić information content (AvgIpc) is 3.17. The van der Waals surface area contributed by atoms with Gasteiger partial charge in [-0.15, -0.1) is 0 Å². The molecular weight excluding hydrogens is 344 g/mol. The third-order valence-corrected chi connectivity index (χ3v) is 4.91. The summed E-state index contributed by atoms with van der Waals surface area (Å²) in [5, 5.41) is 8.93. The Balaban J connectivity index is 1.75. The number of aryl methyl sites for hydroxylation is 2. The Bertz CT molecular complexity index is 932. The number of anilines is 1. The number of amides is 2. The summed E-state index contributed by atoms with van der Waals surface area (Å²) in [6, 6.07) is 6.54. The molecule has 3 heterocycles. The predicted octanol–water partition coefficient (Wildman–Crippen LogP) is 1.98. The summed E-state index contributed by atoms with van der Waals surface area (Å²) in [5.74, 6) is -1.53. The van der Waals surface area contributed by atoms with Gasteiger partial charge < -0.3 is 4.84 Å². The zero-order valence-corrected chi connectivity index (χ0v) is 14.6. The van der Waals surface area contributed by atoms with Gasteiger partial charge in [-0.05, 0) is 38.1 Å². The van der Waals surface area contributed by atoms with Gasteiger partial charge >= 0.3 is 0 Å². The lowest BCUT2D eigenvalue weighted by Gasteiger charge is -2.15. The molecule has 0 spiro atoms. The zero-order valence-electron chi connectivity index (χ0n) is 13.9. The first-order chi connectivity index (χ1) is 11.9. The van der Waals surface area contributed by atoms with Crippen LogP contribution in [0.4, 0.5) is 5.69 Å². The van der Waals surface area contributed by atoms with E-state index in [1.165, 1.54) is 0 Å². The number of carbonyl (C=O) groups excluding carboxylic acids is 2. The molecule has 1 saturated heterocycles. The summed E-state index contributed by atoms with van der Waals surface area (Å²) < 4.78 is 1.72. The minimum Gasteiger partial charge on any atom is -0.381 e. The second-order valence-corrected chi connectivity index (χ2v) is 6.57. The zero-order chi connectivity index (χ0) is 17.9. The largest absolute Gasteiger partial charge is 0.381 e. The second kappa shape index (κ2) is 5.42. The van der Waals surface area contributed by atoms with Crippen LogP contribution in [-0.2, 0) is 21.5 Å². The number of hydrogen-bond donors (Lipinski definition) is 0. The van der Waals surface area contributed by atoms with Crippen LogP contribution < -0.4 is 4.90 Å². The van der Waals surface area contributed by atoms with E-state index in [2.05, 4.69) is 10.3 Å². The maximum absolute atomic E-state index is 13.0. The van der Waals surface area contributed by atoms with Gasteiger partial charge in [-0.1, -0.05) is 16.8 Å². The van der Waals surface area contributed by atoms with Gasteiger partial charge in [0.05, 0.1) is 11.4 Å². The van der Waals surface area contributed by atoms with Gasteiger partial charge in [0, 0.05) is 23.3 Å². The number of hydrogen-bond acceptors (Lipinski definition) is 5. The molecule has 2 atom stereocenters. The van der Waals surface area contributed by atoms with E-state index >= 15 is 0 Å². The molecule has 0 saturated carbocycles. The third-order valence-electron chi connectivity index (χ3n) is 4.66. The average molecular weight is 359 g/mol. The van der Waals surface area contributed by atoms with Gasteiger partial charge in [0.1, 0.15) is 11.6 Å². The number of rotatable bonds is 2. The normalized spacial score (nSPS) is 22.2. The molecule has 2 aliphatic rings. The summed E-state index contributed by atoms with van der Waals surface area (Å²) in [6.45, 7) is 3.74. The molecule has 4 rings (SSSR count). The fourth-order valence-corrected chi connectivity index (χ4v) is 3.50. The molecule has 2 aromatic rings. The van der Waals surface area contributed by atoms with E-state index in [0.717, 1.165) is 21.9 Å². The molecule has 128 valence electrons. The Kier molecular flexibility index (Phi) is 3.43. The van der Waals surface area contributed by atoms with Crippen molar-refractivity contribution in [1.29, 1.82) is 0 Å². The Morgan fingerprint density at radius 2 is 1.80 bits per heavy atom. The number of imide groups is 1. The third kappa shape index (κ3) is 2.19. The molecule has 8 heteroatoms. The lowest BCUT2D eigenvalue weighted by molar-refractivity contribution is -0.126. The van der Waals surface area contributed by atoms with Crippen molar-refractivity contribution >= 4 is 34.8 Å². The van der Waals surface area contributed by atoms with Crippen LogP contribution in [-0.4, -0.2) is 33.4 Å². The number of carbonyl (C=O) groups is 2. The van der Waals surface area contributed by atoms with Crippen LogP contribution in [0.5, 0.6) is 0 Å². The number of oxime groups is 1. The van der Waals surface area contributed by atoms with Crippen LogP contribution in [0.1, 0.15) is 17.0 Å². The minimum absolute atomic E-state index is 0.351. The molecular formula is C17H15ClN4O3. The van der Waals surface area contributed by atoms with Crippen molar-refractivity contribution in [2.45, 2.75) is 20.0 Å². The van der Waals surface area contributed by atoms with Crippen molar-refractivity contribution in [2.24, 2.45) is 18.1 Å². The first kappa shape index (κ1) is 15.8. The van der Waals surface area contributed by atoms with E-state index < -0.39 is 17.9 Å². The first-order valence-corrected chi connectivity index (χ1v) is 8.15. The molecule has 0 unspecified atom stereocenters. The molecule has 7 nitrogen and oxygen atoms in total. The molecule has 2 amide bonds. The molecule has 1 aromatic carbocycles. The number of benzene rings is 1. The maximum atomic E-state index is 13.0. The predicted molar refractivity (Wildman–Crippen MR) is 91.5 cm³/mol.